The van der Waals surface area contributed by atoms with Crippen LogP contribution in [0.4, 0.5) is 8.78 Å². The van der Waals surface area contributed by atoms with E-state index in [9.17, 15) is 8.78 Å². The molecule has 1 aliphatic heterocycles. The van der Waals surface area contributed by atoms with Crippen LogP contribution in [0.5, 0.6) is 11.5 Å². The zero-order valence-electron chi connectivity index (χ0n) is 19.3. The van der Waals surface area contributed by atoms with Gasteiger partial charge in [-0.25, -0.2) is 8.78 Å². The molecule has 1 atom stereocenters. The highest BCUT2D eigenvalue weighted by Gasteiger charge is 2.35. The Balaban J connectivity index is 1.62. The molecule has 1 unspecified atom stereocenters. The van der Waals surface area contributed by atoms with Crippen molar-refractivity contribution in [2.45, 2.75) is 24.9 Å². The Bertz CT molecular complexity index is 1030. The lowest BCUT2D eigenvalue weighted by atomic mass is 9.87. The van der Waals surface area contributed by atoms with E-state index in [1.807, 2.05) is 36.4 Å². The number of halogens is 2. The van der Waals surface area contributed by atoms with Crippen molar-refractivity contribution in [3.05, 3.63) is 95.1 Å². The van der Waals surface area contributed by atoms with Crippen LogP contribution in [0.25, 0.3) is 0 Å². The summed E-state index contributed by atoms with van der Waals surface area (Å²) in [6, 6.07) is 19.1. The van der Waals surface area contributed by atoms with Gasteiger partial charge in [-0.2, -0.15) is 0 Å². The summed E-state index contributed by atoms with van der Waals surface area (Å²) in [6.45, 7) is 4.60. The lowest BCUT2D eigenvalue weighted by Crippen LogP contribution is -2.60. The van der Waals surface area contributed by atoms with E-state index in [2.05, 4.69) is 23.2 Å². The van der Waals surface area contributed by atoms with Gasteiger partial charge in [-0.1, -0.05) is 30.3 Å². The lowest BCUT2D eigenvalue weighted by molar-refractivity contribution is 0.115. The van der Waals surface area contributed by atoms with E-state index in [4.69, 9.17) is 9.47 Å². The minimum absolute atomic E-state index is 0.0990. The molecule has 0 bridgehead atoms. The SMILES string of the molecule is COc1ccc(CC2(C)CN(C(c3ccc(F)cc3)c3ccc(F)cc3)CCN2)cc1OC. The fourth-order valence-corrected chi connectivity index (χ4v) is 4.77. The molecule has 1 heterocycles. The maximum atomic E-state index is 13.6. The van der Waals surface area contributed by atoms with Gasteiger partial charge in [-0.15, -0.1) is 0 Å². The predicted molar refractivity (Wildman–Crippen MR) is 126 cm³/mol. The molecule has 0 saturated carbocycles. The highest BCUT2D eigenvalue weighted by Crippen LogP contribution is 2.34. The third-order valence-electron chi connectivity index (χ3n) is 6.28. The van der Waals surface area contributed by atoms with Crippen molar-refractivity contribution in [3.8, 4) is 11.5 Å². The average molecular weight is 453 g/mol. The maximum Gasteiger partial charge on any atom is 0.160 e. The molecule has 1 saturated heterocycles. The first-order valence-electron chi connectivity index (χ1n) is 11.1. The summed E-state index contributed by atoms with van der Waals surface area (Å²) in [4.78, 5) is 2.39. The molecule has 0 amide bonds. The molecule has 6 heteroatoms. The molecule has 4 rings (SSSR count). The predicted octanol–water partition coefficient (Wildman–Crippen LogP) is 4.98. The van der Waals surface area contributed by atoms with Gasteiger partial charge in [0, 0.05) is 25.2 Å². The normalized spacial score (nSPS) is 19.0. The van der Waals surface area contributed by atoms with Crippen LogP contribution in [-0.2, 0) is 6.42 Å². The Hall–Kier alpha value is -2.96. The van der Waals surface area contributed by atoms with Gasteiger partial charge in [0.25, 0.3) is 0 Å². The van der Waals surface area contributed by atoms with Gasteiger partial charge in [0.1, 0.15) is 11.6 Å². The molecule has 3 aromatic rings. The second-order valence-electron chi connectivity index (χ2n) is 8.83. The van der Waals surface area contributed by atoms with Gasteiger partial charge in [0.2, 0.25) is 0 Å². The number of rotatable bonds is 7. The molecule has 1 N–H and O–H groups in total. The van der Waals surface area contributed by atoms with Gasteiger partial charge in [0.05, 0.1) is 20.3 Å². The molecule has 4 nitrogen and oxygen atoms in total. The molecule has 1 aliphatic rings. The number of hydrogen-bond donors (Lipinski definition) is 1. The van der Waals surface area contributed by atoms with Crippen LogP contribution < -0.4 is 14.8 Å². The zero-order valence-corrected chi connectivity index (χ0v) is 19.3. The fraction of sp³-hybridized carbons (Fsp3) is 0.333. The van der Waals surface area contributed by atoms with Crippen LogP contribution in [0.2, 0.25) is 0 Å². The summed E-state index contributed by atoms with van der Waals surface area (Å²) in [6.07, 6.45) is 0.795. The highest BCUT2D eigenvalue weighted by molar-refractivity contribution is 5.43. The lowest BCUT2D eigenvalue weighted by Gasteiger charge is -2.45. The maximum absolute atomic E-state index is 13.6. The van der Waals surface area contributed by atoms with Crippen molar-refractivity contribution in [2.75, 3.05) is 33.9 Å². The molecule has 0 aliphatic carbocycles. The summed E-state index contributed by atoms with van der Waals surface area (Å²) in [7, 11) is 3.27. The van der Waals surface area contributed by atoms with Crippen LogP contribution in [0.1, 0.15) is 29.7 Å². The second-order valence-corrected chi connectivity index (χ2v) is 8.83. The minimum Gasteiger partial charge on any atom is -0.493 e. The molecule has 3 aromatic carbocycles. The Morgan fingerprint density at radius 2 is 1.45 bits per heavy atom. The van der Waals surface area contributed by atoms with Crippen molar-refractivity contribution in [1.29, 1.82) is 0 Å². The van der Waals surface area contributed by atoms with Crippen LogP contribution in [0.3, 0.4) is 0 Å². The molecule has 33 heavy (non-hydrogen) atoms. The van der Waals surface area contributed by atoms with E-state index < -0.39 is 0 Å². The third kappa shape index (κ3) is 5.34. The number of methoxy groups -OCH3 is 2. The average Bonchev–Trinajstić information content (AvgIpc) is 2.81. The number of piperazine rings is 1. The standard InChI is InChI=1S/C27H30F2N2O2/c1-27(17-19-4-13-24(32-2)25(16-19)33-3)18-31(15-14-30-27)26(20-5-9-22(28)10-6-20)21-7-11-23(29)12-8-21/h4-13,16,26,30H,14-15,17-18H2,1-3H3. The first-order valence-corrected chi connectivity index (χ1v) is 11.1. The van der Waals surface area contributed by atoms with Crippen molar-refractivity contribution >= 4 is 0 Å². The van der Waals surface area contributed by atoms with Crippen molar-refractivity contribution in [1.82, 2.24) is 10.2 Å². The van der Waals surface area contributed by atoms with Crippen molar-refractivity contribution < 1.29 is 18.3 Å². The minimum atomic E-state index is -0.268. The molecular formula is C27H30F2N2O2. The largest absolute Gasteiger partial charge is 0.493 e. The number of hydrogen-bond acceptors (Lipinski definition) is 4. The Morgan fingerprint density at radius 1 is 0.879 bits per heavy atom. The number of benzene rings is 3. The molecule has 0 spiro atoms. The summed E-state index contributed by atoms with van der Waals surface area (Å²) >= 11 is 0. The Labute approximate surface area is 194 Å². The topological polar surface area (TPSA) is 33.7 Å². The van der Waals surface area contributed by atoms with Crippen molar-refractivity contribution in [3.63, 3.8) is 0 Å². The van der Waals surface area contributed by atoms with Crippen LogP contribution in [0, 0.1) is 11.6 Å². The van der Waals surface area contributed by atoms with Gasteiger partial charge in [-0.05, 0) is 66.4 Å². The van der Waals surface area contributed by atoms with E-state index in [1.165, 1.54) is 24.3 Å². The Morgan fingerprint density at radius 3 is 2.00 bits per heavy atom. The highest BCUT2D eigenvalue weighted by atomic mass is 19.1. The van der Waals surface area contributed by atoms with E-state index in [-0.39, 0.29) is 23.2 Å². The van der Waals surface area contributed by atoms with Gasteiger partial charge in [0.15, 0.2) is 11.5 Å². The van der Waals surface area contributed by atoms with E-state index >= 15 is 0 Å². The van der Waals surface area contributed by atoms with Crippen molar-refractivity contribution in [2.24, 2.45) is 0 Å². The van der Waals surface area contributed by atoms with E-state index in [0.717, 1.165) is 42.7 Å². The summed E-state index contributed by atoms with van der Waals surface area (Å²) in [5.41, 5.74) is 2.91. The molecule has 1 fully saturated rings. The molecule has 0 radical (unpaired) electrons. The molecule has 174 valence electrons. The quantitative estimate of drug-likeness (QED) is 0.548. The number of ether oxygens (including phenoxy) is 2. The fourth-order valence-electron chi connectivity index (χ4n) is 4.77. The smallest absolute Gasteiger partial charge is 0.160 e. The van der Waals surface area contributed by atoms with E-state index in [0.29, 0.717) is 11.5 Å². The number of nitrogens with zero attached hydrogens (tertiary/aromatic N) is 1. The summed E-state index contributed by atoms with van der Waals surface area (Å²) in [5, 5.41) is 3.68. The number of nitrogens with one attached hydrogen (secondary N) is 1. The van der Waals surface area contributed by atoms with Gasteiger partial charge in [-0.3, -0.25) is 4.90 Å². The monoisotopic (exact) mass is 452 g/mol. The first kappa shape index (κ1) is 23.2. The van der Waals surface area contributed by atoms with Gasteiger partial charge < -0.3 is 14.8 Å². The van der Waals surface area contributed by atoms with E-state index in [1.54, 1.807) is 14.2 Å². The Kier molecular flexibility index (Phi) is 6.96. The summed E-state index contributed by atoms with van der Waals surface area (Å²) in [5.74, 6) is 0.879. The summed E-state index contributed by atoms with van der Waals surface area (Å²) < 4.78 is 38.1. The third-order valence-corrected chi connectivity index (χ3v) is 6.28. The van der Waals surface area contributed by atoms with Crippen LogP contribution in [0.15, 0.2) is 66.7 Å². The second kappa shape index (κ2) is 9.89. The van der Waals surface area contributed by atoms with Crippen LogP contribution in [-0.4, -0.2) is 44.3 Å². The van der Waals surface area contributed by atoms with Gasteiger partial charge >= 0.3 is 0 Å². The molecule has 0 aromatic heterocycles. The first-order chi connectivity index (χ1) is 15.9. The zero-order chi connectivity index (χ0) is 23.4. The molecular weight excluding hydrogens is 422 g/mol. The van der Waals surface area contributed by atoms with Crippen LogP contribution >= 0.6 is 0 Å².